The molecule has 3 aromatic heterocycles. The van der Waals surface area contributed by atoms with E-state index in [2.05, 4.69) is 52.6 Å². The van der Waals surface area contributed by atoms with Gasteiger partial charge in [0.2, 0.25) is 5.95 Å². The van der Waals surface area contributed by atoms with Crippen molar-refractivity contribution in [2.75, 3.05) is 38.1 Å². The molecule has 1 aromatic carbocycles. The highest BCUT2D eigenvalue weighted by Gasteiger charge is 2.11. The van der Waals surface area contributed by atoms with E-state index in [0.717, 1.165) is 60.8 Å². The average Bonchev–Trinajstić information content (AvgIpc) is 3.22. The molecule has 0 radical (unpaired) electrons. The van der Waals surface area contributed by atoms with Crippen LogP contribution in [0.15, 0.2) is 48.8 Å². The Balaban J connectivity index is 1.33. The molecular weight excluding hydrogens is 404 g/mol. The summed E-state index contributed by atoms with van der Waals surface area (Å²) in [6, 6.07) is 12.4. The van der Waals surface area contributed by atoms with Gasteiger partial charge in [-0.1, -0.05) is 6.07 Å². The second-order valence-corrected chi connectivity index (χ2v) is 7.68. The standard InChI is InChI=1S/C23H26N8O/c1-2-32-23-26-8-6-18(29-23)17-3-4-19-20(14-17)28-22(27-19)30-21-13-16(5-7-25-21)15-31-11-9-24-10-12-31/h3-8,13-14,24H,2,9-12,15H2,1H3,(H2,25,27,28,30). The summed E-state index contributed by atoms with van der Waals surface area (Å²) < 4.78 is 5.42. The fourth-order valence-electron chi connectivity index (χ4n) is 3.82. The van der Waals surface area contributed by atoms with Crippen LogP contribution in [0.4, 0.5) is 11.8 Å². The number of nitrogens with zero attached hydrogens (tertiary/aromatic N) is 5. The van der Waals surface area contributed by atoms with Gasteiger partial charge < -0.3 is 20.4 Å². The van der Waals surface area contributed by atoms with Crippen molar-refractivity contribution < 1.29 is 4.74 Å². The minimum absolute atomic E-state index is 0.379. The Morgan fingerprint density at radius 1 is 1.03 bits per heavy atom. The Kier molecular flexibility index (Phi) is 5.91. The molecule has 1 aliphatic heterocycles. The van der Waals surface area contributed by atoms with Crippen LogP contribution in [0.1, 0.15) is 12.5 Å². The van der Waals surface area contributed by atoms with Crippen molar-refractivity contribution >= 4 is 22.8 Å². The molecule has 4 aromatic rings. The molecule has 4 heterocycles. The van der Waals surface area contributed by atoms with Gasteiger partial charge in [-0.2, -0.15) is 4.98 Å². The molecule has 0 atom stereocenters. The van der Waals surface area contributed by atoms with E-state index in [1.54, 1.807) is 6.20 Å². The number of aromatic amines is 1. The van der Waals surface area contributed by atoms with Crippen LogP contribution in [0.5, 0.6) is 6.01 Å². The summed E-state index contributed by atoms with van der Waals surface area (Å²) in [5.41, 5.74) is 4.78. The highest BCUT2D eigenvalue weighted by molar-refractivity contribution is 5.83. The summed E-state index contributed by atoms with van der Waals surface area (Å²) in [5, 5.41) is 6.69. The Morgan fingerprint density at radius 2 is 1.91 bits per heavy atom. The number of piperazine rings is 1. The predicted octanol–water partition coefficient (Wildman–Crippen LogP) is 2.96. The van der Waals surface area contributed by atoms with Crippen molar-refractivity contribution in [2.45, 2.75) is 13.5 Å². The van der Waals surface area contributed by atoms with Crippen LogP contribution in [-0.4, -0.2) is 62.6 Å². The van der Waals surface area contributed by atoms with Gasteiger partial charge in [0.05, 0.1) is 23.3 Å². The molecule has 0 aliphatic carbocycles. The fraction of sp³-hybridized carbons (Fsp3) is 0.304. The molecule has 9 nitrogen and oxygen atoms in total. The maximum absolute atomic E-state index is 5.42. The van der Waals surface area contributed by atoms with Crippen LogP contribution in [-0.2, 0) is 6.54 Å². The smallest absolute Gasteiger partial charge is 0.316 e. The number of fused-ring (bicyclic) bond motifs is 1. The summed E-state index contributed by atoms with van der Waals surface area (Å²) in [6.07, 6.45) is 3.54. The van der Waals surface area contributed by atoms with Crippen LogP contribution in [0, 0.1) is 0 Å². The number of pyridine rings is 1. The van der Waals surface area contributed by atoms with Gasteiger partial charge >= 0.3 is 6.01 Å². The van der Waals surface area contributed by atoms with Crippen LogP contribution < -0.4 is 15.4 Å². The lowest BCUT2D eigenvalue weighted by Gasteiger charge is -2.27. The van der Waals surface area contributed by atoms with Crippen LogP contribution in [0.25, 0.3) is 22.3 Å². The van der Waals surface area contributed by atoms with E-state index in [9.17, 15) is 0 Å². The average molecular weight is 431 g/mol. The zero-order valence-electron chi connectivity index (χ0n) is 18.0. The Hall–Kier alpha value is -3.56. The molecule has 1 fully saturated rings. The molecular formula is C23H26N8O. The van der Waals surface area contributed by atoms with E-state index in [4.69, 9.17) is 4.74 Å². The van der Waals surface area contributed by atoms with Gasteiger partial charge in [-0.3, -0.25) is 4.90 Å². The zero-order valence-corrected chi connectivity index (χ0v) is 18.0. The summed E-state index contributed by atoms with van der Waals surface area (Å²) in [5.74, 6) is 1.43. The van der Waals surface area contributed by atoms with Crippen molar-refractivity contribution in [3.05, 3.63) is 54.4 Å². The minimum atomic E-state index is 0.379. The molecule has 9 heteroatoms. The number of aromatic nitrogens is 5. The maximum atomic E-state index is 5.42. The van der Waals surface area contributed by atoms with Gasteiger partial charge in [-0.05, 0) is 42.8 Å². The third-order valence-corrected chi connectivity index (χ3v) is 5.37. The van der Waals surface area contributed by atoms with E-state index in [-0.39, 0.29) is 0 Å². The molecule has 0 amide bonds. The second-order valence-electron chi connectivity index (χ2n) is 7.68. The lowest BCUT2D eigenvalue weighted by Crippen LogP contribution is -2.42. The molecule has 164 valence electrons. The Labute approximate surface area is 186 Å². The maximum Gasteiger partial charge on any atom is 0.316 e. The van der Waals surface area contributed by atoms with E-state index < -0.39 is 0 Å². The lowest BCUT2D eigenvalue weighted by atomic mass is 10.1. The number of nitrogens with one attached hydrogen (secondary N) is 3. The quantitative estimate of drug-likeness (QED) is 0.411. The van der Waals surface area contributed by atoms with Gasteiger partial charge in [-0.15, -0.1) is 0 Å². The first-order chi connectivity index (χ1) is 15.8. The topological polar surface area (TPSA) is 104 Å². The first-order valence-corrected chi connectivity index (χ1v) is 10.9. The largest absolute Gasteiger partial charge is 0.464 e. The van der Waals surface area contributed by atoms with Gasteiger partial charge in [0.15, 0.2) is 0 Å². The Morgan fingerprint density at radius 3 is 2.78 bits per heavy atom. The van der Waals surface area contributed by atoms with Crippen molar-refractivity contribution in [1.29, 1.82) is 0 Å². The summed E-state index contributed by atoms with van der Waals surface area (Å²) in [7, 11) is 0. The number of hydrogen-bond acceptors (Lipinski definition) is 8. The highest BCUT2D eigenvalue weighted by atomic mass is 16.5. The minimum Gasteiger partial charge on any atom is -0.464 e. The fourth-order valence-corrected chi connectivity index (χ4v) is 3.82. The first-order valence-electron chi connectivity index (χ1n) is 10.9. The number of benzene rings is 1. The van der Waals surface area contributed by atoms with Crippen LogP contribution >= 0.6 is 0 Å². The van der Waals surface area contributed by atoms with E-state index in [1.807, 2.05) is 37.4 Å². The van der Waals surface area contributed by atoms with Gasteiger partial charge in [-0.25, -0.2) is 15.0 Å². The highest BCUT2D eigenvalue weighted by Crippen LogP contribution is 2.25. The molecule has 0 unspecified atom stereocenters. The SMILES string of the molecule is CCOc1nccc(-c2ccc3nc(Nc4cc(CN5CCNCC5)ccn4)[nH]c3c2)n1. The second kappa shape index (κ2) is 9.29. The van der Waals surface area contributed by atoms with Crippen molar-refractivity contribution in [3.63, 3.8) is 0 Å². The van der Waals surface area contributed by atoms with Crippen molar-refractivity contribution in [2.24, 2.45) is 0 Å². The zero-order chi connectivity index (χ0) is 21.8. The van der Waals surface area contributed by atoms with Crippen molar-refractivity contribution in [3.8, 4) is 17.3 Å². The third-order valence-electron chi connectivity index (χ3n) is 5.37. The number of H-pyrrole nitrogens is 1. The number of anilines is 2. The summed E-state index contributed by atoms with van der Waals surface area (Å²) >= 11 is 0. The summed E-state index contributed by atoms with van der Waals surface area (Å²) in [4.78, 5) is 23.5. The normalized spacial score (nSPS) is 14.5. The summed E-state index contributed by atoms with van der Waals surface area (Å²) in [6.45, 7) is 7.58. The number of ether oxygens (including phenoxy) is 1. The molecule has 1 aliphatic rings. The molecule has 0 bridgehead atoms. The van der Waals surface area contributed by atoms with Crippen LogP contribution in [0.2, 0.25) is 0 Å². The molecule has 5 rings (SSSR count). The molecule has 0 saturated carbocycles. The van der Waals surface area contributed by atoms with E-state index >= 15 is 0 Å². The Bertz CT molecular complexity index is 1200. The van der Waals surface area contributed by atoms with Gasteiger partial charge in [0.25, 0.3) is 0 Å². The molecule has 3 N–H and O–H groups in total. The van der Waals surface area contributed by atoms with E-state index in [0.29, 0.717) is 18.6 Å². The lowest BCUT2D eigenvalue weighted by molar-refractivity contribution is 0.233. The molecule has 1 saturated heterocycles. The third kappa shape index (κ3) is 4.68. The number of imidazole rings is 1. The van der Waals surface area contributed by atoms with Gasteiger partial charge in [0.1, 0.15) is 5.82 Å². The molecule has 0 spiro atoms. The molecule has 32 heavy (non-hydrogen) atoms. The first kappa shape index (κ1) is 20.3. The van der Waals surface area contributed by atoms with Crippen molar-refractivity contribution in [1.82, 2.24) is 35.1 Å². The van der Waals surface area contributed by atoms with Crippen LogP contribution in [0.3, 0.4) is 0 Å². The van der Waals surface area contributed by atoms with E-state index in [1.165, 1.54) is 5.56 Å². The number of rotatable bonds is 7. The number of hydrogen-bond donors (Lipinski definition) is 3. The monoisotopic (exact) mass is 430 g/mol. The predicted molar refractivity (Wildman–Crippen MR) is 124 cm³/mol. The van der Waals surface area contributed by atoms with Gasteiger partial charge in [0, 0.05) is 50.7 Å².